The van der Waals surface area contributed by atoms with E-state index in [-0.39, 0.29) is 17.8 Å². The van der Waals surface area contributed by atoms with E-state index in [1.54, 1.807) is 37.3 Å². The Kier molecular flexibility index (Phi) is 5.27. The van der Waals surface area contributed by atoms with Gasteiger partial charge in [-0.2, -0.15) is 5.10 Å². The highest BCUT2D eigenvalue weighted by atomic mass is 32.2. The van der Waals surface area contributed by atoms with Gasteiger partial charge in [0.05, 0.1) is 18.0 Å². The molecule has 1 N–H and O–H groups in total. The van der Waals surface area contributed by atoms with Gasteiger partial charge in [-0.25, -0.2) is 17.8 Å². The van der Waals surface area contributed by atoms with Gasteiger partial charge < -0.3 is 0 Å². The van der Waals surface area contributed by atoms with Gasteiger partial charge in [0.1, 0.15) is 5.82 Å². The average Bonchev–Trinajstić information content (AvgIpc) is 3.06. The standard InChI is InChI=1S/C19H20FN3O3S/c1-3-19(24)23-18(13-7-9-15(20)10-8-13)12-17(21-23)14-5-4-6-16(11-14)22-27(2,25)26/h4-11,18,22H,3,12H2,1-2H3/t18-/m1/s1. The second-order valence-corrected chi connectivity index (χ2v) is 8.11. The van der Waals surface area contributed by atoms with Gasteiger partial charge in [-0.05, 0) is 35.4 Å². The van der Waals surface area contributed by atoms with E-state index in [2.05, 4.69) is 9.82 Å². The molecular formula is C19H20FN3O3S. The monoisotopic (exact) mass is 389 g/mol. The molecule has 0 unspecified atom stereocenters. The summed E-state index contributed by atoms with van der Waals surface area (Å²) in [7, 11) is -3.39. The Hall–Kier alpha value is -2.74. The van der Waals surface area contributed by atoms with Crippen LogP contribution in [0, 0.1) is 5.82 Å². The predicted octanol–water partition coefficient (Wildman–Crippen LogP) is 3.28. The van der Waals surface area contributed by atoms with Gasteiger partial charge in [0.15, 0.2) is 0 Å². The summed E-state index contributed by atoms with van der Waals surface area (Å²) in [6.45, 7) is 1.76. The number of amides is 1. The van der Waals surface area contributed by atoms with E-state index in [1.807, 2.05) is 6.07 Å². The van der Waals surface area contributed by atoms with Crippen molar-refractivity contribution in [3.05, 3.63) is 65.5 Å². The number of benzene rings is 2. The number of halogens is 1. The van der Waals surface area contributed by atoms with Crippen molar-refractivity contribution in [3.63, 3.8) is 0 Å². The lowest BCUT2D eigenvalue weighted by molar-refractivity contribution is -0.132. The molecule has 2 aromatic rings. The van der Waals surface area contributed by atoms with Gasteiger partial charge in [0.25, 0.3) is 0 Å². The van der Waals surface area contributed by atoms with E-state index in [0.717, 1.165) is 17.4 Å². The van der Waals surface area contributed by atoms with Crippen LogP contribution in [0.3, 0.4) is 0 Å². The highest BCUT2D eigenvalue weighted by Crippen LogP contribution is 2.33. The van der Waals surface area contributed by atoms with Crippen molar-refractivity contribution in [2.45, 2.75) is 25.8 Å². The van der Waals surface area contributed by atoms with Gasteiger partial charge in [-0.15, -0.1) is 0 Å². The molecule has 0 aliphatic carbocycles. The molecule has 27 heavy (non-hydrogen) atoms. The maximum atomic E-state index is 13.3. The Morgan fingerprint density at radius 1 is 1.26 bits per heavy atom. The summed E-state index contributed by atoms with van der Waals surface area (Å²) in [5.74, 6) is -0.476. The zero-order valence-corrected chi connectivity index (χ0v) is 15.8. The number of nitrogens with zero attached hydrogens (tertiary/aromatic N) is 2. The van der Waals surface area contributed by atoms with Crippen molar-refractivity contribution in [3.8, 4) is 0 Å². The molecule has 0 bridgehead atoms. The molecule has 3 rings (SSSR count). The molecule has 6 nitrogen and oxygen atoms in total. The first-order valence-electron chi connectivity index (χ1n) is 8.50. The first kappa shape index (κ1) is 19.0. The zero-order valence-electron chi connectivity index (χ0n) is 15.0. The fourth-order valence-corrected chi connectivity index (χ4v) is 3.55. The highest BCUT2D eigenvalue weighted by Gasteiger charge is 2.32. The van der Waals surface area contributed by atoms with Crippen LogP contribution >= 0.6 is 0 Å². The molecule has 0 aromatic heterocycles. The van der Waals surface area contributed by atoms with Crippen molar-refractivity contribution in [1.29, 1.82) is 0 Å². The zero-order chi connectivity index (χ0) is 19.6. The Bertz CT molecular complexity index is 988. The topological polar surface area (TPSA) is 78.8 Å². The quantitative estimate of drug-likeness (QED) is 0.852. The fraction of sp³-hybridized carbons (Fsp3) is 0.263. The van der Waals surface area contributed by atoms with Crippen molar-refractivity contribution in [2.75, 3.05) is 11.0 Å². The van der Waals surface area contributed by atoms with Crippen molar-refractivity contribution in [2.24, 2.45) is 5.10 Å². The number of rotatable bonds is 5. The van der Waals surface area contributed by atoms with Gasteiger partial charge in [0, 0.05) is 18.5 Å². The van der Waals surface area contributed by atoms with Crippen molar-refractivity contribution >= 4 is 27.3 Å². The highest BCUT2D eigenvalue weighted by molar-refractivity contribution is 7.92. The predicted molar refractivity (Wildman–Crippen MR) is 102 cm³/mol. The largest absolute Gasteiger partial charge is 0.284 e. The number of anilines is 1. The van der Waals surface area contributed by atoms with E-state index in [1.165, 1.54) is 17.1 Å². The van der Waals surface area contributed by atoms with E-state index in [0.29, 0.717) is 24.2 Å². The number of hydrogen-bond acceptors (Lipinski definition) is 4. The Morgan fingerprint density at radius 2 is 1.96 bits per heavy atom. The summed E-state index contributed by atoms with van der Waals surface area (Å²) >= 11 is 0. The van der Waals surface area contributed by atoms with Crippen LogP contribution in [0.25, 0.3) is 0 Å². The smallest absolute Gasteiger partial charge is 0.242 e. The van der Waals surface area contributed by atoms with Crippen LogP contribution in [0.15, 0.2) is 53.6 Å². The molecule has 1 aliphatic rings. The Morgan fingerprint density at radius 3 is 2.59 bits per heavy atom. The number of carbonyl (C=O) groups is 1. The first-order chi connectivity index (χ1) is 12.8. The fourth-order valence-electron chi connectivity index (χ4n) is 3.00. The third kappa shape index (κ3) is 4.51. The Labute approximate surface area is 157 Å². The van der Waals surface area contributed by atoms with Gasteiger partial charge in [-0.1, -0.05) is 31.2 Å². The molecule has 0 saturated heterocycles. The number of carbonyl (C=O) groups excluding carboxylic acids is 1. The molecule has 2 aromatic carbocycles. The molecule has 1 aliphatic heterocycles. The van der Waals surface area contributed by atoms with Gasteiger partial charge in [0.2, 0.25) is 15.9 Å². The summed E-state index contributed by atoms with van der Waals surface area (Å²) < 4.78 is 38.6. The summed E-state index contributed by atoms with van der Waals surface area (Å²) in [5, 5.41) is 5.91. The van der Waals surface area contributed by atoms with Crippen LogP contribution < -0.4 is 4.72 Å². The Balaban J connectivity index is 1.93. The third-order valence-electron chi connectivity index (χ3n) is 4.22. The van der Waals surface area contributed by atoms with Crippen LogP contribution in [0.2, 0.25) is 0 Å². The summed E-state index contributed by atoms with van der Waals surface area (Å²) in [4.78, 5) is 12.3. The number of hydrogen-bond donors (Lipinski definition) is 1. The lowest BCUT2D eigenvalue weighted by atomic mass is 9.98. The maximum absolute atomic E-state index is 13.3. The van der Waals surface area contributed by atoms with Crippen molar-refractivity contribution < 1.29 is 17.6 Å². The lowest BCUT2D eigenvalue weighted by Gasteiger charge is -2.21. The van der Waals surface area contributed by atoms with E-state index in [4.69, 9.17) is 0 Å². The molecule has 0 spiro atoms. The molecule has 1 atom stereocenters. The van der Waals surface area contributed by atoms with Gasteiger partial charge in [-0.3, -0.25) is 9.52 Å². The number of nitrogens with one attached hydrogen (secondary N) is 1. The van der Waals surface area contributed by atoms with Gasteiger partial charge >= 0.3 is 0 Å². The molecule has 0 fully saturated rings. The first-order valence-corrected chi connectivity index (χ1v) is 10.4. The SMILES string of the molecule is CCC(=O)N1N=C(c2cccc(NS(C)(=O)=O)c2)C[C@@H]1c1ccc(F)cc1. The van der Waals surface area contributed by atoms with E-state index >= 15 is 0 Å². The molecule has 142 valence electrons. The minimum atomic E-state index is -3.39. The lowest BCUT2D eigenvalue weighted by Crippen LogP contribution is -2.26. The van der Waals surface area contributed by atoms with Crippen LogP contribution in [0.5, 0.6) is 0 Å². The van der Waals surface area contributed by atoms with Crippen molar-refractivity contribution in [1.82, 2.24) is 5.01 Å². The van der Waals surface area contributed by atoms with E-state index < -0.39 is 10.0 Å². The summed E-state index contributed by atoms with van der Waals surface area (Å²) in [6, 6.07) is 12.6. The minimum Gasteiger partial charge on any atom is -0.284 e. The normalized spacial score (nSPS) is 16.9. The van der Waals surface area contributed by atoms with Crippen LogP contribution in [0.1, 0.15) is 36.9 Å². The second kappa shape index (κ2) is 7.48. The third-order valence-corrected chi connectivity index (χ3v) is 4.83. The number of sulfonamides is 1. The number of hydrazone groups is 1. The minimum absolute atomic E-state index is 0.134. The molecule has 8 heteroatoms. The molecule has 1 amide bonds. The summed E-state index contributed by atoms with van der Waals surface area (Å²) in [5.41, 5.74) is 2.61. The van der Waals surface area contributed by atoms with E-state index in [9.17, 15) is 17.6 Å². The average molecular weight is 389 g/mol. The molecule has 0 radical (unpaired) electrons. The summed E-state index contributed by atoms with van der Waals surface area (Å²) in [6.07, 6.45) is 1.84. The molecular weight excluding hydrogens is 369 g/mol. The molecule has 0 saturated carbocycles. The second-order valence-electron chi connectivity index (χ2n) is 6.37. The van der Waals surface area contributed by atoms with Crippen LogP contribution in [-0.4, -0.2) is 31.3 Å². The molecule has 1 heterocycles. The van der Waals surface area contributed by atoms with Crippen LogP contribution in [-0.2, 0) is 14.8 Å². The van der Waals surface area contributed by atoms with Crippen LogP contribution in [0.4, 0.5) is 10.1 Å². The maximum Gasteiger partial charge on any atom is 0.242 e.